The Labute approximate surface area is 125 Å². The SMILES string of the molecule is CCCCCCCOCCc1cccc(OC(=O)O)c1O. The molecule has 0 aliphatic carbocycles. The van der Waals surface area contributed by atoms with Crippen LogP contribution in [0.1, 0.15) is 44.6 Å². The standard InChI is InChI=1S/C16H24O5/c1-2-3-4-5-6-11-20-12-10-13-8-7-9-14(15(13)17)21-16(18)19/h7-9,17H,2-6,10-12H2,1H3,(H,18,19). The van der Waals surface area contributed by atoms with Gasteiger partial charge >= 0.3 is 6.16 Å². The van der Waals surface area contributed by atoms with E-state index in [-0.39, 0.29) is 11.5 Å². The predicted octanol–water partition coefficient (Wildman–Crippen LogP) is 3.98. The van der Waals surface area contributed by atoms with Crippen LogP contribution in [-0.4, -0.2) is 29.6 Å². The Morgan fingerprint density at radius 2 is 1.90 bits per heavy atom. The van der Waals surface area contributed by atoms with Crippen molar-refractivity contribution in [3.63, 3.8) is 0 Å². The number of carbonyl (C=O) groups is 1. The van der Waals surface area contributed by atoms with E-state index in [1.165, 1.54) is 31.7 Å². The molecule has 0 bridgehead atoms. The van der Waals surface area contributed by atoms with E-state index in [4.69, 9.17) is 9.84 Å². The summed E-state index contributed by atoms with van der Waals surface area (Å²) in [5.74, 6) is -0.175. The molecule has 0 aromatic heterocycles. The molecule has 0 aliphatic heterocycles. The Bertz CT molecular complexity index is 431. The van der Waals surface area contributed by atoms with Crippen LogP contribution in [-0.2, 0) is 11.2 Å². The van der Waals surface area contributed by atoms with Crippen molar-refractivity contribution in [1.82, 2.24) is 0 Å². The number of hydrogen-bond acceptors (Lipinski definition) is 4. The van der Waals surface area contributed by atoms with Gasteiger partial charge in [0.25, 0.3) is 0 Å². The van der Waals surface area contributed by atoms with E-state index in [0.29, 0.717) is 18.6 Å². The van der Waals surface area contributed by atoms with Crippen molar-refractivity contribution < 1.29 is 24.5 Å². The molecule has 21 heavy (non-hydrogen) atoms. The van der Waals surface area contributed by atoms with Crippen molar-refractivity contribution in [2.24, 2.45) is 0 Å². The smallest absolute Gasteiger partial charge is 0.504 e. The van der Waals surface area contributed by atoms with Crippen molar-refractivity contribution in [1.29, 1.82) is 0 Å². The van der Waals surface area contributed by atoms with Gasteiger partial charge in [-0.15, -0.1) is 0 Å². The van der Waals surface area contributed by atoms with Crippen LogP contribution in [0.25, 0.3) is 0 Å². The topological polar surface area (TPSA) is 76.0 Å². The third-order valence-corrected chi connectivity index (χ3v) is 3.19. The van der Waals surface area contributed by atoms with Gasteiger partial charge in [-0.1, -0.05) is 44.7 Å². The molecule has 1 rings (SSSR count). The number of unbranched alkanes of at least 4 members (excludes halogenated alkanes) is 4. The Morgan fingerprint density at radius 1 is 1.14 bits per heavy atom. The van der Waals surface area contributed by atoms with Gasteiger partial charge in [-0.2, -0.15) is 0 Å². The second-order valence-electron chi connectivity index (χ2n) is 4.91. The molecular formula is C16H24O5. The fraction of sp³-hybridized carbons (Fsp3) is 0.562. The van der Waals surface area contributed by atoms with Gasteiger partial charge in [0, 0.05) is 12.2 Å². The maximum Gasteiger partial charge on any atom is 0.511 e. The molecule has 0 spiro atoms. The summed E-state index contributed by atoms with van der Waals surface area (Å²) < 4.78 is 10.0. The average Bonchev–Trinajstić information content (AvgIpc) is 2.45. The van der Waals surface area contributed by atoms with Crippen LogP contribution in [0, 0.1) is 0 Å². The quantitative estimate of drug-likeness (QED) is 0.388. The molecule has 118 valence electrons. The minimum Gasteiger partial charge on any atom is -0.504 e. The van der Waals surface area contributed by atoms with E-state index >= 15 is 0 Å². The number of benzene rings is 1. The van der Waals surface area contributed by atoms with Crippen molar-refractivity contribution >= 4 is 6.16 Å². The van der Waals surface area contributed by atoms with Crippen LogP contribution in [0.5, 0.6) is 11.5 Å². The first-order valence-electron chi connectivity index (χ1n) is 7.44. The summed E-state index contributed by atoms with van der Waals surface area (Å²) in [6, 6.07) is 4.80. The molecule has 0 saturated heterocycles. The van der Waals surface area contributed by atoms with E-state index < -0.39 is 6.16 Å². The van der Waals surface area contributed by atoms with E-state index in [9.17, 15) is 9.90 Å². The van der Waals surface area contributed by atoms with Gasteiger partial charge in [0.15, 0.2) is 11.5 Å². The summed E-state index contributed by atoms with van der Waals surface area (Å²) in [6.07, 6.45) is 5.06. The minimum atomic E-state index is -1.44. The summed E-state index contributed by atoms with van der Waals surface area (Å²) in [5.41, 5.74) is 0.625. The molecule has 0 radical (unpaired) electrons. The van der Waals surface area contributed by atoms with E-state index in [0.717, 1.165) is 13.0 Å². The van der Waals surface area contributed by atoms with Crippen molar-refractivity contribution in [2.45, 2.75) is 45.4 Å². The first kappa shape index (κ1) is 17.3. The molecule has 0 heterocycles. The van der Waals surface area contributed by atoms with Gasteiger partial charge in [-0.05, 0) is 18.9 Å². The Balaban J connectivity index is 2.27. The van der Waals surface area contributed by atoms with E-state index in [1.54, 1.807) is 12.1 Å². The molecule has 0 unspecified atom stereocenters. The molecule has 0 fully saturated rings. The molecule has 2 N–H and O–H groups in total. The minimum absolute atomic E-state index is 0.0421. The average molecular weight is 296 g/mol. The van der Waals surface area contributed by atoms with Crippen molar-refractivity contribution in [2.75, 3.05) is 13.2 Å². The van der Waals surface area contributed by atoms with Crippen LogP contribution < -0.4 is 4.74 Å². The highest BCUT2D eigenvalue weighted by atomic mass is 16.7. The molecule has 5 nitrogen and oxygen atoms in total. The van der Waals surface area contributed by atoms with Crippen LogP contribution in [0.4, 0.5) is 4.79 Å². The number of para-hydroxylation sites is 1. The normalized spacial score (nSPS) is 10.5. The zero-order valence-corrected chi connectivity index (χ0v) is 12.5. The zero-order valence-electron chi connectivity index (χ0n) is 12.5. The van der Waals surface area contributed by atoms with Crippen molar-refractivity contribution in [3.8, 4) is 11.5 Å². The number of phenolic OH excluding ortho intramolecular Hbond substituents is 1. The molecule has 0 aliphatic rings. The lowest BCUT2D eigenvalue weighted by Crippen LogP contribution is -2.05. The maximum atomic E-state index is 10.5. The molecular weight excluding hydrogens is 272 g/mol. The van der Waals surface area contributed by atoms with Gasteiger partial charge in [0.05, 0.1) is 6.61 Å². The second kappa shape index (κ2) is 10.0. The Morgan fingerprint density at radius 3 is 2.62 bits per heavy atom. The first-order valence-corrected chi connectivity index (χ1v) is 7.44. The summed E-state index contributed by atoms with van der Waals surface area (Å²) in [5, 5.41) is 18.5. The summed E-state index contributed by atoms with van der Waals surface area (Å²) in [6.45, 7) is 3.40. The summed E-state index contributed by atoms with van der Waals surface area (Å²) in [4.78, 5) is 10.5. The highest BCUT2D eigenvalue weighted by Gasteiger charge is 2.10. The number of hydrogen-bond donors (Lipinski definition) is 2. The first-order chi connectivity index (χ1) is 10.1. The number of phenols is 1. The van der Waals surface area contributed by atoms with E-state index in [2.05, 4.69) is 11.7 Å². The van der Waals surface area contributed by atoms with Crippen LogP contribution >= 0.6 is 0 Å². The van der Waals surface area contributed by atoms with Gasteiger partial charge < -0.3 is 19.7 Å². The maximum absolute atomic E-state index is 10.5. The second-order valence-corrected chi connectivity index (χ2v) is 4.91. The fourth-order valence-electron chi connectivity index (χ4n) is 2.04. The van der Waals surface area contributed by atoms with Gasteiger partial charge in [-0.25, -0.2) is 4.79 Å². The molecule has 0 saturated carbocycles. The van der Waals surface area contributed by atoms with Gasteiger partial charge in [0.2, 0.25) is 0 Å². The molecule has 0 amide bonds. The van der Waals surface area contributed by atoms with Crippen LogP contribution in [0.3, 0.4) is 0 Å². The lowest BCUT2D eigenvalue weighted by Gasteiger charge is -2.09. The monoisotopic (exact) mass is 296 g/mol. The Hall–Kier alpha value is -1.75. The summed E-state index contributed by atoms with van der Waals surface area (Å²) in [7, 11) is 0. The number of rotatable bonds is 10. The fourth-order valence-corrected chi connectivity index (χ4v) is 2.04. The molecule has 1 aromatic carbocycles. The molecule has 5 heteroatoms. The third-order valence-electron chi connectivity index (χ3n) is 3.19. The van der Waals surface area contributed by atoms with Crippen molar-refractivity contribution in [3.05, 3.63) is 23.8 Å². The van der Waals surface area contributed by atoms with Gasteiger partial charge in [0.1, 0.15) is 0 Å². The lowest BCUT2D eigenvalue weighted by molar-refractivity contribution is 0.132. The van der Waals surface area contributed by atoms with E-state index in [1.807, 2.05) is 0 Å². The van der Waals surface area contributed by atoms with Gasteiger partial charge in [-0.3, -0.25) is 0 Å². The molecule has 0 atom stereocenters. The number of ether oxygens (including phenoxy) is 2. The van der Waals surface area contributed by atoms with Crippen LogP contribution in [0.15, 0.2) is 18.2 Å². The highest BCUT2D eigenvalue weighted by Crippen LogP contribution is 2.30. The third kappa shape index (κ3) is 6.99. The number of carboxylic acid groups (broad SMARTS) is 1. The lowest BCUT2D eigenvalue weighted by atomic mass is 10.1. The predicted molar refractivity (Wildman–Crippen MR) is 80.0 cm³/mol. The highest BCUT2D eigenvalue weighted by molar-refractivity contribution is 5.63. The number of aromatic hydroxyl groups is 1. The molecule has 1 aromatic rings. The largest absolute Gasteiger partial charge is 0.511 e. The Kier molecular flexibility index (Phi) is 8.28. The zero-order chi connectivity index (χ0) is 15.5. The van der Waals surface area contributed by atoms with Crippen LogP contribution in [0.2, 0.25) is 0 Å². The summed E-state index contributed by atoms with van der Waals surface area (Å²) >= 11 is 0.